The highest BCUT2D eigenvalue weighted by atomic mass is 16.4. The molecule has 0 aliphatic carbocycles. The van der Waals surface area contributed by atoms with Crippen molar-refractivity contribution in [3.63, 3.8) is 0 Å². The third kappa shape index (κ3) is 8.92. The third-order valence-electron chi connectivity index (χ3n) is 3.71. The fourth-order valence-corrected chi connectivity index (χ4v) is 2.39. The minimum atomic E-state index is -0.943. The number of hydrogen-bond acceptors (Lipinski definition) is 6. The van der Waals surface area contributed by atoms with Crippen LogP contribution in [0.5, 0.6) is 0 Å². The standard InChI is InChI=1S/C16H26N6O4/c17-21-12-19-8-2-1-4-13(23)20-10-14(24)22-16(7-5-15(25)26)6-3-9-18-11-16/h3,6,9,12H,1-2,4-5,7-8,10-11,17H2,(H,19,21)(H,20,23)(H,22,24)(H,25,26). The second kappa shape index (κ2) is 11.7. The van der Waals surface area contributed by atoms with Gasteiger partial charge in [-0.25, -0.2) is 5.84 Å². The molecule has 26 heavy (non-hydrogen) atoms. The second-order valence-electron chi connectivity index (χ2n) is 5.88. The Labute approximate surface area is 152 Å². The number of unbranched alkanes of at least 4 members (excludes halogenated alkanes) is 1. The Morgan fingerprint density at radius 3 is 2.73 bits per heavy atom. The van der Waals surface area contributed by atoms with Crippen LogP contribution in [0.3, 0.4) is 0 Å². The number of allylic oxidation sites excluding steroid dienone is 1. The molecule has 0 aromatic rings. The van der Waals surface area contributed by atoms with Crippen LogP contribution in [0.15, 0.2) is 22.1 Å². The molecule has 10 nitrogen and oxygen atoms in total. The smallest absolute Gasteiger partial charge is 0.303 e. The van der Waals surface area contributed by atoms with Crippen molar-refractivity contribution in [3.05, 3.63) is 12.2 Å². The lowest BCUT2D eigenvalue weighted by atomic mass is 9.91. The van der Waals surface area contributed by atoms with Crippen molar-refractivity contribution in [2.24, 2.45) is 15.8 Å². The molecule has 0 aromatic carbocycles. The molecular weight excluding hydrogens is 340 g/mol. The average molecular weight is 366 g/mol. The summed E-state index contributed by atoms with van der Waals surface area (Å²) < 4.78 is 0. The average Bonchev–Trinajstić information content (AvgIpc) is 2.62. The molecule has 144 valence electrons. The van der Waals surface area contributed by atoms with Crippen molar-refractivity contribution in [2.75, 3.05) is 19.6 Å². The van der Waals surface area contributed by atoms with Crippen LogP contribution in [-0.4, -0.2) is 60.6 Å². The van der Waals surface area contributed by atoms with Gasteiger partial charge in [0.25, 0.3) is 0 Å². The van der Waals surface area contributed by atoms with E-state index < -0.39 is 11.5 Å². The fraction of sp³-hybridized carbons (Fsp3) is 0.562. The summed E-state index contributed by atoms with van der Waals surface area (Å²) in [4.78, 5) is 42.7. The highest BCUT2D eigenvalue weighted by Crippen LogP contribution is 2.18. The van der Waals surface area contributed by atoms with E-state index >= 15 is 0 Å². The predicted octanol–water partition coefficient (Wildman–Crippen LogP) is -0.875. The van der Waals surface area contributed by atoms with Gasteiger partial charge >= 0.3 is 5.97 Å². The van der Waals surface area contributed by atoms with Crippen LogP contribution in [0.25, 0.3) is 0 Å². The van der Waals surface area contributed by atoms with Crippen LogP contribution in [0.4, 0.5) is 0 Å². The van der Waals surface area contributed by atoms with Crippen molar-refractivity contribution < 1.29 is 19.5 Å². The number of hydrazine groups is 1. The monoisotopic (exact) mass is 366 g/mol. The molecule has 0 aromatic heterocycles. The van der Waals surface area contributed by atoms with Crippen LogP contribution in [0.1, 0.15) is 32.1 Å². The van der Waals surface area contributed by atoms with Gasteiger partial charge in [-0.3, -0.25) is 24.4 Å². The SMILES string of the molecule is NNC=NCCCCC(=O)NCC(=O)NC1(CCC(=O)O)C=CC=NC1. The van der Waals surface area contributed by atoms with Crippen LogP contribution in [0, 0.1) is 0 Å². The van der Waals surface area contributed by atoms with Crippen molar-refractivity contribution in [1.82, 2.24) is 16.1 Å². The van der Waals surface area contributed by atoms with Crippen molar-refractivity contribution in [1.29, 1.82) is 0 Å². The number of dihydropyridines is 1. The Kier molecular flexibility index (Phi) is 9.62. The lowest BCUT2D eigenvalue weighted by molar-refractivity contribution is -0.137. The molecule has 2 amide bonds. The first kappa shape index (κ1) is 21.3. The Balaban J connectivity index is 2.33. The number of carbonyl (C=O) groups is 3. The van der Waals surface area contributed by atoms with Crippen molar-refractivity contribution in [2.45, 2.75) is 37.6 Å². The molecule has 1 aliphatic rings. The normalized spacial score (nSPS) is 18.7. The molecule has 1 unspecified atom stereocenters. The van der Waals surface area contributed by atoms with Gasteiger partial charge in [-0.2, -0.15) is 0 Å². The highest BCUT2D eigenvalue weighted by Gasteiger charge is 2.30. The van der Waals surface area contributed by atoms with Crippen LogP contribution in [0.2, 0.25) is 0 Å². The van der Waals surface area contributed by atoms with Gasteiger partial charge in [0, 0.05) is 25.6 Å². The minimum Gasteiger partial charge on any atom is -0.481 e. The number of hydrogen-bond donors (Lipinski definition) is 5. The number of nitrogens with two attached hydrogens (primary N) is 1. The molecule has 10 heteroatoms. The number of amides is 2. The van der Waals surface area contributed by atoms with Gasteiger partial charge in [-0.05, 0) is 25.3 Å². The minimum absolute atomic E-state index is 0.0886. The molecule has 0 radical (unpaired) electrons. The summed E-state index contributed by atoms with van der Waals surface area (Å²) in [6.07, 6.45) is 8.21. The molecule has 1 rings (SSSR count). The zero-order chi connectivity index (χ0) is 19.3. The van der Waals surface area contributed by atoms with Crippen LogP contribution < -0.4 is 21.9 Å². The molecule has 1 atom stereocenters. The topological polar surface area (TPSA) is 158 Å². The fourth-order valence-electron chi connectivity index (χ4n) is 2.39. The van der Waals surface area contributed by atoms with Gasteiger partial charge in [0.05, 0.1) is 25.0 Å². The first-order chi connectivity index (χ1) is 12.5. The van der Waals surface area contributed by atoms with Gasteiger partial charge in [-0.15, -0.1) is 0 Å². The predicted molar refractivity (Wildman–Crippen MR) is 97.8 cm³/mol. The number of carboxylic acids is 1. The molecule has 0 fully saturated rings. The number of nitrogens with one attached hydrogen (secondary N) is 3. The van der Waals surface area contributed by atoms with Gasteiger partial charge in [-0.1, -0.05) is 6.08 Å². The van der Waals surface area contributed by atoms with Gasteiger partial charge in [0.15, 0.2) is 0 Å². The number of nitrogens with zero attached hydrogens (tertiary/aromatic N) is 2. The van der Waals surface area contributed by atoms with Crippen LogP contribution >= 0.6 is 0 Å². The third-order valence-corrected chi connectivity index (χ3v) is 3.71. The Hall–Kier alpha value is -2.75. The summed E-state index contributed by atoms with van der Waals surface area (Å²) in [7, 11) is 0. The summed E-state index contributed by atoms with van der Waals surface area (Å²) >= 11 is 0. The molecule has 0 saturated carbocycles. The molecule has 1 heterocycles. The van der Waals surface area contributed by atoms with E-state index in [0.717, 1.165) is 6.42 Å². The number of aliphatic imine (C=N–C) groups is 2. The maximum absolute atomic E-state index is 12.1. The number of aliphatic carboxylic acids is 1. The van der Waals surface area contributed by atoms with Crippen molar-refractivity contribution in [3.8, 4) is 0 Å². The molecule has 1 aliphatic heterocycles. The zero-order valence-corrected chi connectivity index (χ0v) is 14.6. The Morgan fingerprint density at radius 1 is 1.27 bits per heavy atom. The summed E-state index contributed by atoms with van der Waals surface area (Å²) in [5, 5.41) is 14.2. The lowest BCUT2D eigenvalue weighted by Gasteiger charge is -2.31. The molecule has 6 N–H and O–H groups in total. The van der Waals surface area contributed by atoms with Gasteiger partial charge < -0.3 is 21.2 Å². The van der Waals surface area contributed by atoms with E-state index in [1.165, 1.54) is 6.34 Å². The number of carbonyl (C=O) groups excluding carboxylic acids is 2. The van der Waals surface area contributed by atoms with Gasteiger partial charge in [0.2, 0.25) is 11.8 Å². The van der Waals surface area contributed by atoms with Gasteiger partial charge in [0.1, 0.15) is 0 Å². The van der Waals surface area contributed by atoms with Crippen molar-refractivity contribution >= 4 is 30.3 Å². The number of rotatable bonds is 12. The van der Waals surface area contributed by atoms with E-state index in [4.69, 9.17) is 10.9 Å². The maximum atomic E-state index is 12.1. The molecule has 0 spiro atoms. The quantitative estimate of drug-likeness (QED) is 0.0992. The second-order valence-corrected chi connectivity index (χ2v) is 5.88. The van der Waals surface area contributed by atoms with E-state index in [1.54, 1.807) is 18.4 Å². The Morgan fingerprint density at radius 2 is 2.08 bits per heavy atom. The first-order valence-electron chi connectivity index (χ1n) is 8.39. The van der Waals surface area contributed by atoms with E-state index in [0.29, 0.717) is 19.4 Å². The highest BCUT2D eigenvalue weighted by molar-refractivity contribution is 5.85. The zero-order valence-electron chi connectivity index (χ0n) is 14.6. The maximum Gasteiger partial charge on any atom is 0.303 e. The largest absolute Gasteiger partial charge is 0.481 e. The van der Waals surface area contributed by atoms with E-state index in [-0.39, 0.29) is 37.7 Å². The summed E-state index contributed by atoms with van der Waals surface area (Å²) in [5.74, 6) is 3.47. The Bertz CT molecular complexity index is 575. The summed E-state index contributed by atoms with van der Waals surface area (Å²) in [5.41, 5.74) is 1.46. The van der Waals surface area contributed by atoms with E-state index in [2.05, 4.69) is 26.0 Å². The van der Waals surface area contributed by atoms with Crippen LogP contribution in [-0.2, 0) is 14.4 Å². The molecular formula is C16H26N6O4. The lowest BCUT2D eigenvalue weighted by Crippen LogP contribution is -2.53. The summed E-state index contributed by atoms with van der Waals surface area (Å²) in [6.45, 7) is 0.673. The molecule has 0 bridgehead atoms. The number of carboxylic acid groups (broad SMARTS) is 1. The van der Waals surface area contributed by atoms with E-state index in [9.17, 15) is 14.4 Å². The molecule has 0 saturated heterocycles. The summed E-state index contributed by atoms with van der Waals surface area (Å²) in [6, 6.07) is 0. The first-order valence-corrected chi connectivity index (χ1v) is 8.39. The van der Waals surface area contributed by atoms with E-state index in [1.807, 2.05) is 0 Å².